The third-order valence-electron chi connectivity index (χ3n) is 3.61. The van der Waals surface area contributed by atoms with Gasteiger partial charge in [-0.3, -0.25) is 9.69 Å². The number of hydrogen-bond donors (Lipinski definition) is 0. The van der Waals surface area contributed by atoms with Crippen LogP contribution in [0.1, 0.15) is 21.5 Å². The van der Waals surface area contributed by atoms with E-state index in [0.717, 1.165) is 11.1 Å². The summed E-state index contributed by atoms with van der Waals surface area (Å²) in [6, 6.07) is 14.3. The van der Waals surface area contributed by atoms with Crippen molar-refractivity contribution in [1.29, 1.82) is 0 Å². The van der Waals surface area contributed by atoms with Crippen LogP contribution in [0.4, 0.5) is 0 Å². The molecule has 0 atom stereocenters. The van der Waals surface area contributed by atoms with Crippen molar-refractivity contribution in [3.8, 4) is 5.75 Å². The molecule has 1 aliphatic heterocycles. The SMILES string of the molecule is Cc1cccc(C(=O)Oc2cccc(/C=C3/SC(=S)N(C)C3=O)c2)c1. The van der Waals surface area contributed by atoms with Crippen LogP contribution in [0.25, 0.3) is 6.08 Å². The number of rotatable bonds is 3. The molecular formula is C19H15NO3S2. The Bertz CT molecular complexity index is 905. The summed E-state index contributed by atoms with van der Waals surface area (Å²) in [6.07, 6.45) is 1.74. The Morgan fingerprint density at radius 2 is 1.96 bits per heavy atom. The second-order valence-corrected chi connectivity index (χ2v) is 7.25. The van der Waals surface area contributed by atoms with Gasteiger partial charge in [0.15, 0.2) is 0 Å². The Hall–Kier alpha value is -2.44. The summed E-state index contributed by atoms with van der Waals surface area (Å²) in [5, 5.41) is 0. The van der Waals surface area contributed by atoms with E-state index in [0.29, 0.717) is 20.5 Å². The smallest absolute Gasteiger partial charge is 0.343 e. The Morgan fingerprint density at radius 3 is 2.64 bits per heavy atom. The fraction of sp³-hybridized carbons (Fsp3) is 0.105. The lowest BCUT2D eigenvalue weighted by Crippen LogP contribution is -2.22. The molecule has 0 spiro atoms. The molecule has 126 valence electrons. The zero-order valence-electron chi connectivity index (χ0n) is 13.7. The van der Waals surface area contributed by atoms with Crippen molar-refractivity contribution >= 4 is 46.3 Å². The summed E-state index contributed by atoms with van der Waals surface area (Å²) in [7, 11) is 1.65. The predicted molar refractivity (Wildman–Crippen MR) is 104 cm³/mol. The predicted octanol–water partition coefficient (Wildman–Crippen LogP) is 4.05. The molecule has 0 radical (unpaired) electrons. The maximum atomic E-state index is 12.2. The van der Waals surface area contributed by atoms with Crippen LogP contribution in [0.15, 0.2) is 53.4 Å². The second kappa shape index (κ2) is 7.21. The number of aryl methyl sites for hydroxylation is 1. The zero-order valence-corrected chi connectivity index (χ0v) is 15.3. The van der Waals surface area contributed by atoms with Gasteiger partial charge in [-0.15, -0.1) is 0 Å². The van der Waals surface area contributed by atoms with Gasteiger partial charge >= 0.3 is 5.97 Å². The molecule has 0 aromatic heterocycles. The molecule has 1 aliphatic rings. The van der Waals surface area contributed by atoms with Gasteiger partial charge in [0.05, 0.1) is 10.5 Å². The Labute approximate surface area is 155 Å². The Kier molecular flexibility index (Phi) is 5.01. The minimum atomic E-state index is -0.416. The first-order valence-corrected chi connectivity index (χ1v) is 8.77. The van der Waals surface area contributed by atoms with E-state index in [2.05, 4.69) is 0 Å². The molecular weight excluding hydrogens is 354 g/mol. The quantitative estimate of drug-likeness (QED) is 0.354. The number of esters is 1. The number of likely N-dealkylation sites (N-methyl/N-ethyl adjacent to an activating group) is 1. The van der Waals surface area contributed by atoms with Crippen LogP contribution in [0.5, 0.6) is 5.75 Å². The number of amides is 1. The van der Waals surface area contributed by atoms with Gasteiger partial charge in [-0.25, -0.2) is 4.79 Å². The van der Waals surface area contributed by atoms with E-state index in [-0.39, 0.29) is 5.91 Å². The number of nitrogens with zero attached hydrogens (tertiary/aromatic N) is 1. The number of hydrogen-bond acceptors (Lipinski definition) is 5. The summed E-state index contributed by atoms with van der Waals surface area (Å²) in [5.74, 6) is -0.120. The molecule has 6 heteroatoms. The van der Waals surface area contributed by atoms with Crippen molar-refractivity contribution in [2.24, 2.45) is 0 Å². The molecule has 0 aliphatic carbocycles. The van der Waals surface area contributed by atoms with Gasteiger partial charge in [-0.2, -0.15) is 0 Å². The molecule has 2 aromatic rings. The van der Waals surface area contributed by atoms with Gasteiger partial charge in [-0.1, -0.05) is 53.8 Å². The molecule has 0 bridgehead atoms. The van der Waals surface area contributed by atoms with Crippen molar-refractivity contribution in [2.45, 2.75) is 6.92 Å². The lowest BCUT2D eigenvalue weighted by molar-refractivity contribution is -0.121. The average Bonchev–Trinajstić information content (AvgIpc) is 2.82. The molecule has 25 heavy (non-hydrogen) atoms. The van der Waals surface area contributed by atoms with Crippen molar-refractivity contribution < 1.29 is 14.3 Å². The highest BCUT2D eigenvalue weighted by atomic mass is 32.2. The molecule has 4 nitrogen and oxygen atoms in total. The van der Waals surface area contributed by atoms with Crippen LogP contribution >= 0.6 is 24.0 Å². The van der Waals surface area contributed by atoms with Crippen LogP contribution < -0.4 is 4.74 Å². The maximum Gasteiger partial charge on any atom is 0.343 e. The topological polar surface area (TPSA) is 46.6 Å². The van der Waals surface area contributed by atoms with Crippen molar-refractivity contribution in [3.63, 3.8) is 0 Å². The fourth-order valence-electron chi connectivity index (χ4n) is 2.30. The summed E-state index contributed by atoms with van der Waals surface area (Å²) in [5.41, 5.74) is 2.26. The standard InChI is InChI=1S/C19H15NO3S2/c1-12-5-3-7-14(9-12)18(22)23-15-8-4-6-13(10-15)11-16-17(21)20(2)19(24)25-16/h3-11H,1-2H3/b16-11+. The van der Waals surface area contributed by atoms with Crippen molar-refractivity contribution in [3.05, 3.63) is 70.1 Å². The second-order valence-electron chi connectivity index (χ2n) is 5.57. The molecule has 1 amide bonds. The van der Waals surface area contributed by atoms with Crippen LogP contribution in [-0.2, 0) is 4.79 Å². The monoisotopic (exact) mass is 369 g/mol. The molecule has 0 saturated carbocycles. The lowest BCUT2D eigenvalue weighted by atomic mass is 10.1. The van der Waals surface area contributed by atoms with E-state index < -0.39 is 5.97 Å². The van der Waals surface area contributed by atoms with Gasteiger partial charge in [-0.05, 0) is 42.8 Å². The molecule has 0 unspecified atom stereocenters. The van der Waals surface area contributed by atoms with Gasteiger partial charge in [0, 0.05) is 7.05 Å². The van der Waals surface area contributed by atoms with Crippen molar-refractivity contribution in [2.75, 3.05) is 7.05 Å². The third-order valence-corrected chi connectivity index (χ3v) is 5.09. The number of carbonyl (C=O) groups excluding carboxylic acids is 2. The first-order chi connectivity index (χ1) is 11.9. The summed E-state index contributed by atoms with van der Waals surface area (Å²) >= 11 is 6.37. The highest BCUT2D eigenvalue weighted by Crippen LogP contribution is 2.31. The van der Waals surface area contributed by atoms with E-state index in [1.54, 1.807) is 43.5 Å². The van der Waals surface area contributed by atoms with Gasteiger partial charge in [0.2, 0.25) is 0 Å². The largest absolute Gasteiger partial charge is 0.423 e. The highest BCUT2D eigenvalue weighted by molar-refractivity contribution is 8.26. The summed E-state index contributed by atoms with van der Waals surface area (Å²) < 4.78 is 5.96. The third kappa shape index (κ3) is 3.97. The van der Waals surface area contributed by atoms with Crippen LogP contribution in [0.3, 0.4) is 0 Å². The maximum absolute atomic E-state index is 12.2. The van der Waals surface area contributed by atoms with Crippen molar-refractivity contribution in [1.82, 2.24) is 4.90 Å². The van der Waals surface area contributed by atoms with Crippen LogP contribution in [0.2, 0.25) is 0 Å². The normalized spacial score (nSPS) is 15.8. The Balaban J connectivity index is 1.79. The van der Waals surface area contributed by atoms with E-state index in [9.17, 15) is 9.59 Å². The number of ether oxygens (including phenoxy) is 1. The van der Waals surface area contributed by atoms with Gasteiger partial charge in [0.1, 0.15) is 10.1 Å². The summed E-state index contributed by atoms with van der Waals surface area (Å²) in [4.78, 5) is 26.3. The molecule has 1 heterocycles. The van der Waals surface area contributed by atoms with E-state index in [1.807, 2.05) is 25.1 Å². The lowest BCUT2D eigenvalue weighted by Gasteiger charge is -2.06. The molecule has 1 fully saturated rings. The molecule has 2 aromatic carbocycles. The first kappa shape index (κ1) is 17.4. The molecule has 3 rings (SSSR count). The summed E-state index contributed by atoms with van der Waals surface area (Å²) in [6.45, 7) is 1.92. The van der Waals surface area contributed by atoms with Crippen LogP contribution in [-0.4, -0.2) is 28.1 Å². The first-order valence-electron chi connectivity index (χ1n) is 7.54. The van der Waals surface area contributed by atoms with E-state index in [4.69, 9.17) is 17.0 Å². The van der Waals surface area contributed by atoms with Gasteiger partial charge in [0.25, 0.3) is 5.91 Å². The average molecular weight is 369 g/mol. The fourth-order valence-corrected chi connectivity index (χ4v) is 3.48. The number of thioether (sulfide) groups is 1. The van der Waals surface area contributed by atoms with E-state index in [1.165, 1.54) is 16.7 Å². The number of benzene rings is 2. The number of carbonyl (C=O) groups is 2. The molecule has 0 N–H and O–H groups in total. The Morgan fingerprint density at radius 1 is 1.20 bits per heavy atom. The minimum Gasteiger partial charge on any atom is -0.423 e. The number of thiocarbonyl (C=S) groups is 1. The van der Waals surface area contributed by atoms with Crippen LogP contribution in [0, 0.1) is 6.92 Å². The van der Waals surface area contributed by atoms with Gasteiger partial charge < -0.3 is 4.74 Å². The zero-order chi connectivity index (χ0) is 18.0. The molecule has 1 saturated heterocycles. The minimum absolute atomic E-state index is 0.128. The van der Waals surface area contributed by atoms with E-state index >= 15 is 0 Å². The highest BCUT2D eigenvalue weighted by Gasteiger charge is 2.28.